The Morgan fingerprint density at radius 1 is 0.971 bits per heavy atom. The van der Waals surface area contributed by atoms with Gasteiger partial charge in [-0.15, -0.1) is 0 Å². The molecule has 0 aliphatic carbocycles. The molecule has 178 valence electrons. The molecule has 0 saturated heterocycles. The number of fused-ring (bicyclic) bond motifs is 1. The van der Waals surface area contributed by atoms with E-state index >= 15 is 0 Å². The van der Waals surface area contributed by atoms with Gasteiger partial charge in [-0.25, -0.2) is 8.42 Å². The summed E-state index contributed by atoms with van der Waals surface area (Å²) in [5.74, 6) is -0.688. The number of rotatable bonds is 11. The van der Waals surface area contributed by atoms with Crippen molar-refractivity contribution in [2.75, 3.05) is 0 Å². The van der Waals surface area contributed by atoms with Crippen molar-refractivity contribution in [3.8, 4) is 0 Å². The molecule has 0 saturated carbocycles. The van der Waals surface area contributed by atoms with E-state index < -0.39 is 28.0 Å². The number of aldehydes is 1. The minimum atomic E-state index is -3.98. The van der Waals surface area contributed by atoms with Crippen molar-refractivity contribution in [3.63, 3.8) is 0 Å². The van der Waals surface area contributed by atoms with E-state index in [9.17, 15) is 18.0 Å². The quantitative estimate of drug-likeness (QED) is 0.322. The van der Waals surface area contributed by atoms with E-state index in [1.54, 1.807) is 30.3 Å². The van der Waals surface area contributed by atoms with Gasteiger partial charge in [-0.1, -0.05) is 93.1 Å². The fourth-order valence-corrected chi connectivity index (χ4v) is 5.35. The first-order valence-corrected chi connectivity index (χ1v) is 12.8. The number of allylic oxidation sites excluding steroid dienone is 1. The Morgan fingerprint density at radius 2 is 1.65 bits per heavy atom. The zero-order valence-electron chi connectivity index (χ0n) is 19.3. The Balaban J connectivity index is 1.87. The van der Waals surface area contributed by atoms with Gasteiger partial charge in [0.15, 0.2) is 0 Å². The molecule has 3 aromatic carbocycles. The van der Waals surface area contributed by atoms with Crippen LogP contribution in [0.25, 0.3) is 10.8 Å². The molecule has 7 heteroatoms. The maximum absolute atomic E-state index is 13.4. The number of hydrogen-bond acceptors (Lipinski definition) is 4. The van der Waals surface area contributed by atoms with Gasteiger partial charge in [-0.2, -0.15) is 4.72 Å². The molecule has 0 bridgehead atoms. The van der Waals surface area contributed by atoms with Gasteiger partial charge in [0.05, 0.1) is 10.9 Å². The largest absolute Gasteiger partial charge is 0.348 e. The summed E-state index contributed by atoms with van der Waals surface area (Å²) in [6.07, 6.45) is 4.68. The molecule has 0 heterocycles. The molecule has 6 nitrogen and oxygen atoms in total. The van der Waals surface area contributed by atoms with Crippen LogP contribution in [0.15, 0.2) is 89.8 Å². The summed E-state index contributed by atoms with van der Waals surface area (Å²) in [6.45, 7) is 3.74. The van der Waals surface area contributed by atoms with Gasteiger partial charge in [0.2, 0.25) is 15.9 Å². The van der Waals surface area contributed by atoms with E-state index in [2.05, 4.69) is 10.0 Å². The Hall–Kier alpha value is -3.29. The number of sulfonamides is 1. The first-order valence-electron chi connectivity index (χ1n) is 11.3. The average molecular weight is 479 g/mol. The summed E-state index contributed by atoms with van der Waals surface area (Å²) in [7, 11) is -3.98. The van der Waals surface area contributed by atoms with Crippen LogP contribution in [-0.2, 0) is 26.0 Å². The molecule has 3 atom stereocenters. The number of benzene rings is 3. The van der Waals surface area contributed by atoms with Crippen LogP contribution in [0.3, 0.4) is 0 Å². The summed E-state index contributed by atoms with van der Waals surface area (Å²) in [5, 5.41) is 4.31. The predicted molar refractivity (Wildman–Crippen MR) is 135 cm³/mol. The van der Waals surface area contributed by atoms with Gasteiger partial charge < -0.3 is 5.32 Å². The van der Waals surface area contributed by atoms with E-state index in [1.807, 2.05) is 62.4 Å². The highest BCUT2D eigenvalue weighted by molar-refractivity contribution is 7.89. The average Bonchev–Trinajstić information content (AvgIpc) is 2.85. The standard InChI is InChI=1S/C27H30N2O4S/c1-3-20(2)26(27(31)28-23(15-10-18-30)19-21-11-5-4-6-12-21)29-34(32,33)25-17-9-14-22-13-7-8-16-24(22)25/h4-18,20,23,26,29H,3,19H2,1-2H3,(H,28,31)/t20-,23+,26-/m0/s1. The molecule has 0 aliphatic heterocycles. The van der Waals surface area contributed by atoms with Crippen LogP contribution in [0.1, 0.15) is 25.8 Å². The predicted octanol–water partition coefficient (Wildman–Crippen LogP) is 4.02. The number of amides is 1. The molecular formula is C27H30N2O4S. The maximum Gasteiger partial charge on any atom is 0.241 e. The van der Waals surface area contributed by atoms with Crippen LogP contribution in [0, 0.1) is 5.92 Å². The third kappa shape index (κ3) is 6.40. The second kappa shape index (κ2) is 11.7. The van der Waals surface area contributed by atoms with Gasteiger partial charge in [0, 0.05) is 5.39 Å². The lowest BCUT2D eigenvalue weighted by Crippen LogP contribution is -2.52. The van der Waals surface area contributed by atoms with Crippen molar-refractivity contribution in [2.24, 2.45) is 5.92 Å². The van der Waals surface area contributed by atoms with Gasteiger partial charge in [0.25, 0.3) is 0 Å². The Bertz CT molecular complexity index is 1250. The van der Waals surface area contributed by atoms with Gasteiger partial charge in [0.1, 0.15) is 12.3 Å². The zero-order chi connectivity index (χ0) is 24.6. The Morgan fingerprint density at radius 3 is 2.35 bits per heavy atom. The second-order valence-corrected chi connectivity index (χ2v) is 9.97. The van der Waals surface area contributed by atoms with E-state index in [-0.39, 0.29) is 10.8 Å². The SMILES string of the molecule is CC[C@H](C)[C@H](NS(=O)(=O)c1cccc2ccccc12)C(=O)N[C@H](C=CC=O)Cc1ccccc1. The van der Waals surface area contributed by atoms with Crippen LogP contribution in [-0.4, -0.2) is 32.7 Å². The molecule has 0 aliphatic rings. The fourth-order valence-electron chi connectivity index (χ4n) is 3.81. The van der Waals surface area contributed by atoms with E-state index in [0.717, 1.165) is 10.9 Å². The third-order valence-electron chi connectivity index (χ3n) is 5.86. The molecule has 0 fully saturated rings. The topological polar surface area (TPSA) is 92.3 Å². The zero-order valence-corrected chi connectivity index (χ0v) is 20.2. The summed E-state index contributed by atoms with van der Waals surface area (Å²) < 4.78 is 29.4. The molecular weight excluding hydrogens is 448 g/mol. The van der Waals surface area contributed by atoms with Crippen molar-refractivity contribution in [3.05, 3.63) is 90.5 Å². The number of carbonyl (C=O) groups excluding carboxylic acids is 2. The van der Waals surface area contributed by atoms with Crippen molar-refractivity contribution in [1.82, 2.24) is 10.0 Å². The third-order valence-corrected chi connectivity index (χ3v) is 7.36. The molecule has 0 spiro atoms. The smallest absolute Gasteiger partial charge is 0.241 e. The van der Waals surface area contributed by atoms with Gasteiger partial charge >= 0.3 is 0 Å². The van der Waals surface area contributed by atoms with Crippen LogP contribution in [0.5, 0.6) is 0 Å². The normalized spacial score (nSPS) is 14.5. The number of hydrogen-bond donors (Lipinski definition) is 2. The van der Waals surface area contributed by atoms with Gasteiger partial charge in [-0.3, -0.25) is 9.59 Å². The first kappa shape index (κ1) is 25.3. The highest BCUT2D eigenvalue weighted by Crippen LogP contribution is 2.24. The first-order chi connectivity index (χ1) is 16.4. The fraction of sp³-hybridized carbons (Fsp3) is 0.259. The highest BCUT2D eigenvalue weighted by atomic mass is 32.2. The van der Waals surface area contributed by atoms with Crippen molar-refractivity contribution >= 4 is 33.0 Å². The summed E-state index contributed by atoms with van der Waals surface area (Å²) >= 11 is 0. The maximum atomic E-state index is 13.4. The lowest BCUT2D eigenvalue weighted by molar-refractivity contribution is -0.124. The van der Waals surface area contributed by atoms with E-state index in [0.29, 0.717) is 24.5 Å². The number of nitrogens with one attached hydrogen (secondary N) is 2. The van der Waals surface area contributed by atoms with Crippen LogP contribution < -0.4 is 10.0 Å². The molecule has 3 aromatic rings. The summed E-state index contributed by atoms with van der Waals surface area (Å²) in [5.41, 5.74) is 0.986. The molecule has 0 radical (unpaired) electrons. The Labute approximate surface area is 201 Å². The summed E-state index contributed by atoms with van der Waals surface area (Å²) in [4.78, 5) is 24.3. The molecule has 3 rings (SSSR count). The molecule has 34 heavy (non-hydrogen) atoms. The van der Waals surface area contributed by atoms with Crippen LogP contribution >= 0.6 is 0 Å². The minimum Gasteiger partial charge on any atom is -0.348 e. The van der Waals surface area contributed by atoms with Crippen LogP contribution in [0.2, 0.25) is 0 Å². The molecule has 1 amide bonds. The van der Waals surface area contributed by atoms with Crippen LogP contribution in [0.4, 0.5) is 0 Å². The van der Waals surface area contributed by atoms with Crippen molar-refractivity contribution in [1.29, 1.82) is 0 Å². The second-order valence-electron chi connectivity index (χ2n) is 8.29. The Kier molecular flexibility index (Phi) is 8.73. The minimum absolute atomic E-state index is 0.133. The van der Waals surface area contributed by atoms with Crippen molar-refractivity contribution < 1.29 is 18.0 Å². The van der Waals surface area contributed by atoms with E-state index in [4.69, 9.17) is 0 Å². The lowest BCUT2D eigenvalue weighted by Gasteiger charge is -2.26. The lowest BCUT2D eigenvalue weighted by atomic mass is 9.98. The summed E-state index contributed by atoms with van der Waals surface area (Å²) in [6, 6.07) is 20.4. The molecule has 2 N–H and O–H groups in total. The molecule has 0 unspecified atom stereocenters. The molecule has 0 aromatic heterocycles. The van der Waals surface area contributed by atoms with Gasteiger partial charge in [-0.05, 0) is 35.4 Å². The van der Waals surface area contributed by atoms with E-state index in [1.165, 1.54) is 6.08 Å². The number of carbonyl (C=O) groups is 2. The monoisotopic (exact) mass is 478 g/mol. The van der Waals surface area contributed by atoms with Crippen molar-refractivity contribution in [2.45, 2.75) is 43.7 Å². The highest BCUT2D eigenvalue weighted by Gasteiger charge is 2.31.